The van der Waals surface area contributed by atoms with E-state index in [1.165, 1.54) is 19.4 Å². The minimum Gasteiger partial charge on any atom is -0.380 e. The predicted molar refractivity (Wildman–Crippen MR) is 74.7 cm³/mol. The number of likely N-dealkylation sites (tertiary alicyclic amines) is 1. The van der Waals surface area contributed by atoms with Crippen LogP contribution in [0, 0.1) is 5.92 Å². The van der Waals surface area contributed by atoms with Gasteiger partial charge in [-0.1, -0.05) is 0 Å². The molecule has 0 aromatic carbocycles. The van der Waals surface area contributed by atoms with Crippen LogP contribution in [0.5, 0.6) is 0 Å². The number of carbonyl (C=O) groups excluding carboxylic acids is 1. The van der Waals surface area contributed by atoms with Crippen LogP contribution in [0.15, 0.2) is 12.4 Å². The fourth-order valence-electron chi connectivity index (χ4n) is 2.68. The number of nitrogens with one attached hydrogen (secondary N) is 1. The number of hydrogen-bond acceptors (Lipinski definition) is 4. The summed E-state index contributed by atoms with van der Waals surface area (Å²) in [5.41, 5.74) is 6.09. The maximum Gasteiger partial charge on any atom is 0.239 e. The molecule has 1 fully saturated rings. The first kappa shape index (κ1) is 13.9. The molecule has 1 amide bonds. The molecule has 0 spiro atoms. The van der Waals surface area contributed by atoms with Gasteiger partial charge in [-0.05, 0) is 39.3 Å². The molecule has 6 nitrogen and oxygen atoms in total. The first-order valence-corrected chi connectivity index (χ1v) is 6.80. The standard InChI is InChI=1S/C13H23N5O/c1-10(11-4-3-5-17(2)7-11)16-12-6-15-18(8-12)9-13(14)19/h6,8,10-11,16H,3-5,7,9H2,1-2H3,(H2,14,19). The van der Waals surface area contributed by atoms with Crippen LogP contribution in [0.2, 0.25) is 0 Å². The Hall–Kier alpha value is -1.56. The number of anilines is 1. The molecule has 0 radical (unpaired) electrons. The third-order valence-electron chi connectivity index (χ3n) is 3.71. The molecule has 106 valence electrons. The lowest BCUT2D eigenvalue weighted by atomic mass is 9.92. The summed E-state index contributed by atoms with van der Waals surface area (Å²) in [4.78, 5) is 13.2. The number of carbonyl (C=O) groups is 1. The number of amides is 1. The number of piperidine rings is 1. The van der Waals surface area contributed by atoms with E-state index in [2.05, 4.69) is 29.3 Å². The van der Waals surface area contributed by atoms with Gasteiger partial charge in [0.25, 0.3) is 0 Å². The molecular formula is C13H23N5O. The van der Waals surface area contributed by atoms with Crippen LogP contribution < -0.4 is 11.1 Å². The Morgan fingerprint density at radius 3 is 3.16 bits per heavy atom. The lowest BCUT2D eigenvalue weighted by molar-refractivity contribution is -0.118. The van der Waals surface area contributed by atoms with Gasteiger partial charge in [-0.3, -0.25) is 9.48 Å². The fraction of sp³-hybridized carbons (Fsp3) is 0.692. The van der Waals surface area contributed by atoms with Crippen LogP contribution in [0.25, 0.3) is 0 Å². The van der Waals surface area contributed by atoms with Gasteiger partial charge in [0.2, 0.25) is 5.91 Å². The second kappa shape index (κ2) is 6.06. The third kappa shape index (κ3) is 3.96. The van der Waals surface area contributed by atoms with Gasteiger partial charge in [-0.25, -0.2) is 0 Å². The number of primary amides is 1. The molecule has 1 saturated heterocycles. The van der Waals surface area contributed by atoms with Gasteiger partial charge in [0, 0.05) is 18.8 Å². The Morgan fingerprint density at radius 2 is 2.47 bits per heavy atom. The molecule has 2 atom stereocenters. The summed E-state index contributed by atoms with van der Waals surface area (Å²) in [5.74, 6) is 0.273. The number of nitrogens with zero attached hydrogens (tertiary/aromatic N) is 3. The van der Waals surface area contributed by atoms with Crippen molar-refractivity contribution in [2.24, 2.45) is 11.7 Å². The zero-order valence-electron chi connectivity index (χ0n) is 11.7. The van der Waals surface area contributed by atoms with Crippen LogP contribution in [0.4, 0.5) is 5.69 Å². The molecule has 1 aliphatic heterocycles. The number of rotatable bonds is 5. The van der Waals surface area contributed by atoms with E-state index >= 15 is 0 Å². The molecule has 2 heterocycles. The summed E-state index contributed by atoms with van der Waals surface area (Å²) in [6.07, 6.45) is 6.09. The van der Waals surface area contributed by atoms with Crippen LogP contribution in [-0.4, -0.2) is 46.8 Å². The van der Waals surface area contributed by atoms with E-state index in [9.17, 15) is 4.79 Å². The molecule has 2 rings (SSSR count). The van der Waals surface area contributed by atoms with E-state index in [-0.39, 0.29) is 12.5 Å². The molecule has 0 saturated carbocycles. The monoisotopic (exact) mass is 265 g/mol. The Kier molecular flexibility index (Phi) is 4.42. The highest BCUT2D eigenvalue weighted by molar-refractivity contribution is 5.73. The van der Waals surface area contributed by atoms with E-state index in [1.807, 2.05) is 6.20 Å². The first-order valence-electron chi connectivity index (χ1n) is 6.80. The van der Waals surface area contributed by atoms with Crippen molar-refractivity contribution in [1.82, 2.24) is 14.7 Å². The lowest BCUT2D eigenvalue weighted by Gasteiger charge is -2.34. The van der Waals surface area contributed by atoms with Crippen LogP contribution >= 0.6 is 0 Å². The van der Waals surface area contributed by atoms with Gasteiger partial charge in [0.05, 0.1) is 11.9 Å². The number of nitrogens with two attached hydrogens (primary N) is 1. The summed E-state index contributed by atoms with van der Waals surface area (Å²) < 4.78 is 1.56. The molecule has 2 unspecified atom stereocenters. The molecule has 19 heavy (non-hydrogen) atoms. The second-order valence-electron chi connectivity index (χ2n) is 5.49. The topological polar surface area (TPSA) is 76.2 Å². The van der Waals surface area contributed by atoms with Crippen LogP contribution in [-0.2, 0) is 11.3 Å². The molecule has 1 aromatic heterocycles. The molecule has 1 aromatic rings. The minimum atomic E-state index is -0.378. The van der Waals surface area contributed by atoms with E-state index in [0.717, 1.165) is 12.2 Å². The molecule has 1 aliphatic rings. The normalized spacial score (nSPS) is 22.1. The quantitative estimate of drug-likeness (QED) is 0.813. The van der Waals surface area contributed by atoms with Gasteiger partial charge in [-0.15, -0.1) is 0 Å². The number of aromatic nitrogens is 2. The van der Waals surface area contributed by atoms with Crippen molar-refractivity contribution in [2.45, 2.75) is 32.4 Å². The van der Waals surface area contributed by atoms with E-state index in [1.54, 1.807) is 10.9 Å². The highest BCUT2D eigenvalue weighted by Gasteiger charge is 2.22. The highest BCUT2D eigenvalue weighted by Crippen LogP contribution is 2.21. The molecule has 6 heteroatoms. The second-order valence-corrected chi connectivity index (χ2v) is 5.49. The van der Waals surface area contributed by atoms with E-state index < -0.39 is 0 Å². The summed E-state index contributed by atoms with van der Waals surface area (Å²) in [5, 5.41) is 7.58. The minimum absolute atomic E-state index is 0.127. The third-order valence-corrected chi connectivity index (χ3v) is 3.71. The van der Waals surface area contributed by atoms with Crippen molar-refractivity contribution in [3.8, 4) is 0 Å². The Balaban J connectivity index is 1.89. The van der Waals surface area contributed by atoms with Crippen molar-refractivity contribution in [3.63, 3.8) is 0 Å². The molecule has 0 aliphatic carbocycles. The average Bonchev–Trinajstić information content (AvgIpc) is 2.75. The van der Waals surface area contributed by atoms with E-state index in [0.29, 0.717) is 12.0 Å². The van der Waals surface area contributed by atoms with Crippen molar-refractivity contribution >= 4 is 11.6 Å². The van der Waals surface area contributed by atoms with E-state index in [4.69, 9.17) is 5.73 Å². The number of hydrogen-bond donors (Lipinski definition) is 2. The Bertz CT molecular complexity index is 430. The summed E-state index contributed by atoms with van der Waals surface area (Å²) in [6, 6.07) is 0.397. The smallest absolute Gasteiger partial charge is 0.239 e. The van der Waals surface area contributed by atoms with Crippen molar-refractivity contribution < 1.29 is 4.79 Å². The summed E-state index contributed by atoms with van der Waals surface area (Å²) in [7, 11) is 2.17. The van der Waals surface area contributed by atoms with Crippen molar-refractivity contribution in [1.29, 1.82) is 0 Å². The molecule has 0 bridgehead atoms. The van der Waals surface area contributed by atoms with Crippen LogP contribution in [0.3, 0.4) is 0 Å². The Labute approximate surface area is 113 Å². The van der Waals surface area contributed by atoms with Gasteiger partial charge in [0.15, 0.2) is 0 Å². The maximum atomic E-state index is 10.8. The van der Waals surface area contributed by atoms with Crippen molar-refractivity contribution in [2.75, 3.05) is 25.5 Å². The summed E-state index contributed by atoms with van der Waals surface area (Å²) >= 11 is 0. The van der Waals surface area contributed by atoms with Gasteiger partial charge >= 0.3 is 0 Å². The zero-order chi connectivity index (χ0) is 13.8. The average molecular weight is 265 g/mol. The molecular weight excluding hydrogens is 242 g/mol. The first-order chi connectivity index (χ1) is 9.04. The van der Waals surface area contributed by atoms with Gasteiger partial charge in [0.1, 0.15) is 6.54 Å². The fourth-order valence-corrected chi connectivity index (χ4v) is 2.68. The zero-order valence-corrected chi connectivity index (χ0v) is 11.7. The predicted octanol–water partition coefficient (Wildman–Crippen LogP) is 0.511. The summed E-state index contributed by atoms with van der Waals surface area (Å²) in [6.45, 7) is 4.65. The maximum absolute atomic E-state index is 10.8. The van der Waals surface area contributed by atoms with Gasteiger partial charge < -0.3 is 16.0 Å². The van der Waals surface area contributed by atoms with Crippen molar-refractivity contribution in [3.05, 3.63) is 12.4 Å². The largest absolute Gasteiger partial charge is 0.380 e. The van der Waals surface area contributed by atoms with Gasteiger partial charge in [-0.2, -0.15) is 5.10 Å². The molecule has 3 N–H and O–H groups in total. The SMILES string of the molecule is CC(Nc1cnn(CC(N)=O)c1)C1CCCN(C)C1. The Morgan fingerprint density at radius 1 is 1.68 bits per heavy atom. The lowest BCUT2D eigenvalue weighted by Crippen LogP contribution is -2.39. The highest BCUT2D eigenvalue weighted by atomic mass is 16.1. The van der Waals surface area contributed by atoms with Crippen LogP contribution in [0.1, 0.15) is 19.8 Å².